The van der Waals surface area contributed by atoms with Crippen molar-refractivity contribution in [1.29, 1.82) is 0 Å². The molecule has 0 bridgehead atoms. The highest BCUT2D eigenvalue weighted by Gasteiger charge is 2.36. The molecule has 0 spiro atoms. The molecule has 1 aromatic rings. The number of amides is 1. The van der Waals surface area contributed by atoms with E-state index in [9.17, 15) is 13.6 Å². The molecule has 6 nitrogen and oxygen atoms in total. The molecule has 1 amide bonds. The van der Waals surface area contributed by atoms with Crippen LogP contribution in [0.5, 0.6) is 0 Å². The van der Waals surface area contributed by atoms with Crippen molar-refractivity contribution < 1.29 is 13.6 Å². The number of aromatic nitrogens is 4. The van der Waals surface area contributed by atoms with E-state index in [1.54, 1.807) is 5.32 Å². The maximum absolute atomic E-state index is 12.0. The lowest BCUT2D eigenvalue weighted by Gasteiger charge is -2.04. The molecule has 0 atom stereocenters. The van der Waals surface area contributed by atoms with Gasteiger partial charge in [0.2, 0.25) is 0 Å². The van der Waals surface area contributed by atoms with Gasteiger partial charge in [-0.3, -0.25) is 10.1 Å². The summed E-state index contributed by atoms with van der Waals surface area (Å²) in [6, 6.07) is 0. The van der Waals surface area contributed by atoms with Crippen LogP contribution in [0.4, 0.5) is 14.7 Å². The number of hydrogen-bond acceptors (Lipinski definition) is 4. The Morgan fingerprint density at radius 1 is 1.67 bits per heavy atom. The van der Waals surface area contributed by atoms with Gasteiger partial charge < -0.3 is 0 Å². The van der Waals surface area contributed by atoms with Gasteiger partial charge in [-0.25, -0.2) is 0 Å². The predicted octanol–water partition coefficient (Wildman–Crippen LogP) is -0.0302. The number of nitrogens with zero attached hydrogens (tertiary/aromatic N) is 3. The molecule has 0 radical (unpaired) electrons. The Kier molecular flexibility index (Phi) is 2.18. The molecule has 9 heteroatoms. The van der Waals surface area contributed by atoms with E-state index in [4.69, 9.17) is 0 Å². The van der Waals surface area contributed by atoms with Gasteiger partial charge in [0.15, 0.2) is 0 Å². The van der Waals surface area contributed by atoms with Crippen LogP contribution in [0.15, 0.2) is 0 Å². The fraction of sp³-hybridized carbons (Fsp3) is 0.333. The number of carbonyl (C=O) groups excluding carboxylic acids is 1. The van der Waals surface area contributed by atoms with Crippen LogP contribution >= 0.6 is 11.6 Å². The van der Waals surface area contributed by atoms with Crippen LogP contribution in [0.2, 0.25) is 0 Å². The zero-order valence-electron chi connectivity index (χ0n) is 5.38. The summed E-state index contributed by atoms with van der Waals surface area (Å²) in [5, 5.41) is 9.02. The third kappa shape index (κ3) is 2.09. The Morgan fingerprint density at radius 3 is 2.75 bits per heavy atom. The summed E-state index contributed by atoms with van der Waals surface area (Å²) in [5.74, 6) is -2.06. The fourth-order valence-electron chi connectivity index (χ4n) is 0.387. The molecule has 0 aliphatic carbocycles. The standard InChI is InChI=1S/C3H2ClF2N5O/c4-3(5,6)1(12)7-2-8-10-11-9-2/h(H2,7,8,9,10,11,12). The Balaban J connectivity index is 2.60. The first kappa shape index (κ1) is 8.78. The zero-order valence-corrected chi connectivity index (χ0v) is 6.14. The van der Waals surface area contributed by atoms with E-state index in [0.717, 1.165) is 0 Å². The van der Waals surface area contributed by atoms with Crippen LogP contribution in [0.25, 0.3) is 0 Å². The summed E-state index contributed by atoms with van der Waals surface area (Å²) in [7, 11) is 0. The van der Waals surface area contributed by atoms with Crippen molar-refractivity contribution in [3.8, 4) is 0 Å². The first-order valence-corrected chi connectivity index (χ1v) is 2.99. The highest BCUT2D eigenvalue weighted by atomic mass is 35.5. The van der Waals surface area contributed by atoms with Gasteiger partial charge in [-0.1, -0.05) is 5.10 Å². The van der Waals surface area contributed by atoms with E-state index in [1.807, 2.05) is 5.21 Å². The van der Waals surface area contributed by atoms with Crippen molar-refractivity contribution in [1.82, 2.24) is 20.6 Å². The smallest absolute Gasteiger partial charge is 0.285 e. The van der Waals surface area contributed by atoms with Crippen LogP contribution in [0, 0.1) is 0 Å². The number of rotatable bonds is 2. The number of H-pyrrole nitrogens is 1. The van der Waals surface area contributed by atoms with Gasteiger partial charge in [-0.05, 0) is 16.8 Å². The Morgan fingerprint density at radius 2 is 2.33 bits per heavy atom. The Bertz CT molecular complexity index is 269. The molecule has 0 saturated heterocycles. The Hall–Kier alpha value is -1.31. The number of aromatic amines is 1. The second kappa shape index (κ2) is 2.97. The molecule has 2 N–H and O–H groups in total. The number of carbonyl (C=O) groups is 1. The first-order chi connectivity index (χ1) is 5.50. The van der Waals surface area contributed by atoms with Crippen LogP contribution < -0.4 is 5.32 Å². The third-order valence-corrected chi connectivity index (χ3v) is 1.000. The summed E-state index contributed by atoms with van der Waals surface area (Å²) in [6.45, 7) is 0. The van der Waals surface area contributed by atoms with Crippen LogP contribution in [0.3, 0.4) is 0 Å². The van der Waals surface area contributed by atoms with Gasteiger partial charge >= 0.3 is 11.3 Å². The molecule has 66 valence electrons. The number of alkyl halides is 3. The normalized spacial score (nSPS) is 11.2. The molecule has 1 aromatic heterocycles. The third-order valence-electron chi connectivity index (χ3n) is 0.828. The highest BCUT2D eigenvalue weighted by Crippen LogP contribution is 2.19. The van der Waals surface area contributed by atoms with Crippen LogP contribution in [-0.4, -0.2) is 31.9 Å². The van der Waals surface area contributed by atoms with Gasteiger partial charge in [-0.15, -0.1) is 5.10 Å². The molecule has 0 aromatic carbocycles. The lowest BCUT2D eigenvalue weighted by Crippen LogP contribution is -2.29. The predicted molar refractivity (Wildman–Crippen MR) is 33.6 cm³/mol. The molecular formula is C3H2ClF2N5O. The van der Waals surface area contributed by atoms with Crippen LogP contribution in [-0.2, 0) is 4.79 Å². The van der Waals surface area contributed by atoms with Crippen molar-refractivity contribution in [2.24, 2.45) is 0 Å². The maximum Gasteiger partial charge on any atom is 0.400 e. The van der Waals surface area contributed by atoms with E-state index in [2.05, 4.69) is 27.0 Å². The quantitative estimate of drug-likeness (QED) is 0.652. The lowest BCUT2D eigenvalue weighted by atomic mass is 10.6. The molecule has 1 rings (SSSR count). The number of anilines is 1. The van der Waals surface area contributed by atoms with Crippen LogP contribution in [0.1, 0.15) is 0 Å². The molecule has 0 fully saturated rings. The molecule has 12 heavy (non-hydrogen) atoms. The molecule has 0 saturated carbocycles. The molecule has 0 aliphatic heterocycles. The first-order valence-electron chi connectivity index (χ1n) is 2.62. The summed E-state index contributed by atoms with van der Waals surface area (Å²) in [6.07, 6.45) is 0. The number of tetrazole rings is 1. The minimum Gasteiger partial charge on any atom is -0.285 e. The number of hydrogen-bond donors (Lipinski definition) is 2. The van der Waals surface area contributed by atoms with Gasteiger partial charge in [0.1, 0.15) is 0 Å². The molecular weight excluding hydrogens is 196 g/mol. The van der Waals surface area contributed by atoms with Crippen molar-refractivity contribution in [2.75, 3.05) is 5.32 Å². The lowest BCUT2D eigenvalue weighted by molar-refractivity contribution is -0.130. The van der Waals surface area contributed by atoms with Gasteiger partial charge in [0.25, 0.3) is 5.95 Å². The second-order valence-corrected chi connectivity index (χ2v) is 2.16. The van der Waals surface area contributed by atoms with E-state index in [0.29, 0.717) is 0 Å². The van der Waals surface area contributed by atoms with Gasteiger partial charge in [0, 0.05) is 0 Å². The van der Waals surface area contributed by atoms with Crippen molar-refractivity contribution in [2.45, 2.75) is 5.38 Å². The largest absolute Gasteiger partial charge is 0.400 e. The molecule has 0 aliphatic rings. The van der Waals surface area contributed by atoms with Crippen molar-refractivity contribution in [3.05, 3.63) is 0 Å². The summed E-state index contributed by atoms with van der Waals surface area (Å²) in [5.41, 5.74) is 0. The highest BCUT2D eigenvalue weighted by molar-refractivity contribution is 6.33. The van der Waals surface area contributed by atoms with Gasteiger partial charge in [-0.2, -0.15) is 14.0 Å². The summed E-state index contributed by atoms with van der Waals surface area (Å²) < 4.78 is 23.9. The fourth-order valence-corrected chi connectivity index (χ4v) is 0.434. The average Bonchev–Trinajstić information content (AvgIpc) is 2.37. The zero-order chi connectivity index (χ0) is 9.19. The monoisotopic (exact) mass is 197 g/mol. The topological polar surface area (TPSA) is 83.6 Å². The molecule has 1 heterocycles. The van der Waals surface area contributed by atoms with E-state index in [-0.39, 0.29) is 5.95 Å². The summed E-state index contributed by atoms with van der Waals surface area (Å²) >= 11 is 4.37. The van der Waals surface area contributed by atoms with Crippen molar-refractivity contribution in [3.63, 3.8) is 0 Å². The molecule has 0 unspecified atom stereocenters. The number of halogens is 3. The van der Waals surface area contributed by atoms with E-state index >= 15 is 0 Å². The summed E-state index contributed by atoms with van der Waals surface area (Å²) in [4.78, 5) is 10.4. The SMILES string of the molecule is O=C(Nc1nn[nH]n1)C(F)(F)Cl. The van der Waals surface area contributed by atoms with Crippen molar-refractivity contribution >= 4 is 23.5 Å². The van der Waals surface area contributed by atoms with Gasteiger partial charge in [0.05, 0.1) is 0 Å². The second-order valence-electron chi connectivity index (χ2n) is 1.69. The number of nitrogens with one attached hydrogen (secondary N) is 2. The van der Waals surface area contributed by atoms with E-state index < -0.39 is 11.3 Å². The maximum atomic E-state index is 12.0. The average molecular weight is 198 g/mol. The van der Waals surface area contributed by atoms with E-state index in [1.165, 1.54) is 0 Å². The minimum atomic E-state index is -3.97. The minimum absolute atomic E-state index is 0.361. The Labute approximate surface area is 69.3 Å².